The Hall–Kier alpha value is -0.970. The Balaban J connectivity index is 2.49. The summed E-state index contributed by atoms with van der Waals surface area (Å²) in [4.78, 5) is 1.11. The second kappa shape index (κ2) is 3.41. The fourth-order valence-corrected chi connectivity index (χ4v) is 2.29. The first-order valence-corrected chi connectivity index (χ1v) is 4.72. The molecule has 0 atom stereocenters. The quantitative estimate of drug-likeness (QED) is 0.569. The van der Waals surface area contributed by atoms with Crippen LogP contribution in [-0.2, 0) is 6.54 Å². The Kier molecular flexibility index (Phi) is 2.26. The smallest absolute Gasteiger partial charge is 0.124 e. The van der Waals surface area contributed by atoms with Crippen molar-refractivity contribution in [3.8, 4) is 0 Å². The molecule has 2 rings (SSSR count). The van der Waals surface area contributed by atoms with Crippen molar-refractivity contribution in [2.75, 3.05) is 0 Å². The summed E-state index contributed by atoms with van der Waals surface area (Å²) < 4.78 is 13.8. The van der Waals surface area contributed by atoms with Gasteiger partial charge in [0.25, 0.3) is 0 Å². The summed E-state index contributed by atoms with van der Waals surface area (Å²) in [6.45, 7) is 0.626. The standard InChI is InChI=1S/C9H9FN2S/c10-7-2-1-6-3-8(5-12-11)13-9(6)4-7/h1-4,12H,5,11H2. The van der Waals surface area contributed by atoms with E-state index in [9.17, 15) is 4.39 Å². The number of benzene rings is 1. The molecule has 68 valence electrons. The molecule has 3 N–H and O–H groups in total. The molecule has 0 aliphatic carbocycles. The van der Waals surface area contributed by atoms with E-state index in [-0.39, 0.29) is 5.82 Å². The van der Waals surface area contributed by atoms with E-state index in [1.807, 2.05) is 6.07 Å². The number of hydrogen-bond donors (Lipinski definition) is 2. The Morgan fingerprint density at radius 1 is 1.38 bits per heavy atom. The van der Waals surface area contributed by atoms with Crippen LogP contribution in [0.3, 0.4) is 0 Å². The average molecular weight is 196 g/mol. The minimum Gasteiger partial charge on any atom is -0.271 e. The van der Waals surface area contributed by atoms with Gasteiger partial charge in [-0.05, 0) is 23.6 Å². The molecule has 0 aliphatic rings. The average Bonchev–Trinajstić information content (AvgIpc) is 2.46. The molecule has 1 aromatic carbocycles. The Labute approximate surface area is 79.1 Å². The molecule has 1 heterocycles. The number of nitrogens with two attached hydrogens (primary N) is 1. The number of nitrogens with one attached hydrogen (secondary N) is 1. The van der Waals surface area contributed by atoms with Gasteiger partial charge in [-0.1, -0.05) is 6.07 Å². The fourth-order valence-electron chi connectivity index (χ4n) is 1.25. The van der Waals surface area contributed by atoms with Gasteiger partial charge in [0.05, 0.1) is 0 Å². The minimum absolute atomic E-state index is 0.193. The van der Waals surface area contributed by atoms with Gasteiger partial charge in [-0.2, -0.15) is 0 Å². The largest absolute Gasteiger partial charge is 0.271 e. The highest BCUT2D eigenvalue weighted by Crippen LogP contribution is 2.25. The number of thiophene rings is 1. The van der Waals surface area contributed by atoms with Crippen LogP contribution >= 0.6 is 11.3 Å². The van der Waals surface area contributed by atoms with Crippen molar-refractivity contribution in [2.45, 2.75) is 6.54 Å². The van der Waals surface area contributed by atoms with Gasteiger partial charge in [-0.3, -0.25) is 11.3 Å². The van der Waals surface area contributed by atoms with Crippen molar-refractivity contribution in [1.29, 1.82) is 0 Å². The van der Waals surface area contributed by atoms with Crippen molar-refractivity contribution >= 4 is 21.4 Å². The molecule has 13 heavy (non-hydrogen) atoms. The third kappa shape index (κ3) is 1.70. The van der Waals surface area contributed by atoms with E-state index < -0.39 is 0 Å². The van der Waals surface area contributed by atoms with E-state index in [0.29, 0.717) is 6.54 Å². The molecule has 0 radical (unpaired) electrons. The van der Waals surface area contributed by atoms with E-state index in [4.69, 9.17) is 5.84 Å². The van der Waals surface area contributed by atoms with Gasteiger partial charge < -0.3 is 0 Å². The Morgan fingerprint density at radius 3 is 3.00 bits per heavy atom. The summed E-state index contributed by atoms with van der Waals surface area (Å²) in [5.74, 6) is 5.00. The highest BCUT2D eigenvalue weighted by atomic mass is 32.1. The van der Waals surface area contributed by atoms with Crippen LogP contribution in [0, 0.1) is 5.82 Å². The monoisotopic (exact) mass is 196 g/mol. The summed E-state index contributed by atoms with van der Waals surface area (Å²) in [5, 5.41) is 1.07. The zero-order valence-corrected chi connectivity index (χ0v) is 7.70. The van der Waals surface area contributed by atoms with Crippen LogP contribution in [0.2, 0.25) is 0 Å². The first-order valence-electron chi connectivity index (χ1n) is 3.91. The van der Waals surface area contributed by atoms with Crippen molar-refractivity contribution in [1.82, 2.24) is 5.43 Å². The lowest BCUT2D eigenvalue weighted by Gasteiger charge is -1.90. The second-order valence-electron chi connectivity index (χ2n) is 2.78. The highest BCUT2D eigenvalue weighted by Gasteiger charge is 2.01. The topological polar surface area (TPSA) is 38.0 Å². The molecule has 0 bridgehead atoms. The van der Waals surface area contributed by atoms with Crippen LogP contribution in [0.15, 0.2) is 24.3 Å². The number of fused-ring (bicyclic) bond motifs is 1. The van der Waals surface area contributed by atoms with Gasteiger partial charge in [-0.15, -0.1) is 11.3 Å². The summed E-state index contributed by atoms with van der Waals surface area (Å²) in [6, 6.07) is 6.80. The SMILES string of the molecule is NNCc1cc2ccc(F)cc2s1. The van der Waals surface area contributed by atoms with Crippen molar-refractivity contribution in [3.05, 3.63) is 35.0 Å². The van der Waals surface area contributed by atoms with Crippen LogP contribution < -0.4 is 11.3 Å². The predicted molar refractivity (Wildman–Crippen MR) is 52.8 cm³/mol. The molecule has 0 saturated heterocycles. The normalized spacial score (nSPS) is 10.9. The summed E-state index contributed by atoms with van der Waals surface area (Å²) >= 11 is 1.55. The maximum absolute atomic E-state index is 12.8. The van der Waals surface area contributed by atoms with Gasteiger partial charge in [0, 0.05) is 16.1 Å². The number of hydrazine groups is 1. The number of hydrogen-bond acceptors (Lipinski definition) is 3. The molecule has 0 amide bonds. The molecular weight excluding hydrogens is 187 g/mol. The first-order chi connectivity index (χ1) is 6.29. The van der Waals surface area contributed by atoms with Gasteiger partial charge in [0.1, 0.15) is 5.82 Å². The third-order valence-corrected chi connectivity index (χ3v) is 2.91. The van der Waals surface area contributed by atoms with Gasteiger partial charge in [0.15, 0.2) is 0 Å². The van der Waals surface area contributed by atoms with Crippen LogP contribution in [-0.4, -0.2) is 0 Å². The zero-order chi connectivity index (χ0) is 9.26. The van der Waals surface area contributed by atoms with Crippen LogP contribution in [0.1, 0.15) is 4.88 Å². The molecule has 4 heteroatoms. The minimum atomic E-state index is -0.193. The maximum Gasteiger partial charge on any atom is 0.124 e. The fraction of sp³-hybridized carbons (Fsp3) is 0.111. The van der Waals surface area contributed by atoms with Crippen LogP contribution in [0.4, 0.5) is 4.39 Å². The lowest BCUT2D eigenvalue weighted by molar-refractivity contribution is 0.630. The van der Waals surface area contributed by atoms with E-state index in [1.165, 1.54) is 6.07 Å². The number of rotatable bonds is 2. The van der Waals surface area contributed by atoms with Gasteiger partial charge in [0.2, 0.25) is 0 Å². The summed E-state index contributed by atoms with van der Waals surface area (Å²) in [5.41, 5.74) is 2.58. The summed E-state index contributed by atoms with van der Waals surface area (Å²) in [6.07, 6.45) is 0. The molecule has 2 nitrogen and oxygen atoms in total. The van der Waals surface area contributed by atoms with E-state index in [0.717, 1.165) is 15.0 Å². The lowest BCUT2D eigenvalue weighted by Crippen LogP contribution is -2.19. The van der Waals surface area contributed by atoms with Crippen molar-refractivity contribution in [2.24, 2.45) is 5.84 Å². The van der Waals surface area contributed by atoms with Gasteiger partial charge in [-0.25, -0.2) is 4.39 Å². The molecule has 0 fully saturated rings. The van der Waals surface area contributed by atoms with E-state index in [2.05, 4.69) is 5.43 Å². The second-order valence-corrected chi connectivity index (χ2v) is 3.94. The van der Waals surface area contributed by atoms with Gasteiger partial charge >= 0.3 is 0 Å². The maximum atomic E-state index is 12.8. The predicted octanol–water partition coefficient (Wildman–Crippen LogP) is 2.00. The summed E-state index contributed by atoms with van der Waals surface area (Å²) in [7, 11) is 0. The van der Waals surface area contributed by atoms with Crippen molar-refractivity contribution in [3.63, 3.8) is 0 Å². The van der Waals surface area contributed by atoms with Crippen LogP contribution in [0.25, 0.3) is 10.1 Å². The molecule has 0 saturated carbocycles. The Bertz CT molecular complexity index is 424. The van der Waals surface area contributed by atoms with E-state index in [1.54, 1.807) is 23.5 Å². The van der Waals surface area contributed by atoms with Crippen LogP contribution in [0.5, 0.6) is 0 Å². The molecule has 0 unspecified atom stereocenters. The Morgan fingerprint density at radius 2 is 2.23 bits per heavy atom. The zero-order valence-electron chi connectivity index (χ0n) is 6.88. The molecule has 1 aromatic heterocycles. The highest BCUT2D eigenvalue weighted by molar-refractivity contribution is 7.19. The number of halogens is 1. The third-order valence-electron chi connectivity index (χ3n) is 1.81. The lowest BCUT2D eigenvalue weighted by atomic mass is 10.2. The van der Waals surface area contributed by atoms with Crippen molar-refractivity contribution < 1.29 is 4.39 Å². The van der Waals surface area contributed by atoms with E-state index >= 15 is 0 Å². The molecule has 2 aromatic rings. The molecule has 0 spiro atoms. The first kappa shape index (κ1) is 8.62. The molecular formula is C9H9FN2S. The molecule has 0 aliphatic heterocycles.